The SMILES string of the molecule is COCCNCCC(C)(C)c1ccc(OC)c(Br)c1OC. The average Bonchev–Trinajstić information content (AvgIpc) is 2.46. The van der Waals surface area contributed by atoms with E-state index in [0.29, 0.717) is 0 Å². The molecule has 0 aliphatic heterocycles. The van der Waals surface area contributed by atoms with Crippen LogP contribution in [0.25, 0.3) is 0 Å². The lowest BCUT2D eigenvalue weighted by Gasteiger charge is -2.28. The van der Waals surface area contributed by atoms with Crippen molar-refractivity contribution >= 4 is 15.9 Å². The lowest BCUT2D eigenvalue weighted by molar-refractivity contribution is 0.198. The van der Waals surface area contributed by atoms with E-state index in [-0.39, 0.29) is 5.41 Å². The van der Waals surface area contributed by atoms with Gasteiger partial charge in [0.25, 0.3) is 0 Å². The van der Waals surface area contributed by atoms with Crippen LogP contribution in [0.4, 0.5) is 0 Å². The molecule has 0 saturated carbocycles. The summed E-state index contributed by atoms with van der Waals surface area (Å²) in [7, 11) is 5.06. The fraction of sp³-hybridized carbons (Fsp3) is 0.625. The van der Waals surface area contributed by atoms with Gasteiger partial charge in [0.05, 0.1) is 20.8 Å². The summed E-state index contributed by atoms with van der Waals surface area (Å²) in [5.74, 6) is 1.63. The summed E-state index contributed by atoms with van der Waals surface area (Å²) in [6, 6.07) is 4.06. The van der Waals surface area contributed by atoms with Crippen molar-refractivity contribution in [2.75, 3.05) is 41.0 Å². The topological polar surface area (TPSA) is 39.7 Å². The number of hydrogen-bond acceptors (Lipinski definition) is 4. The summed E-state index contributed by atoms with van der Waals surface area (Å²) in [6.45, 7) is 6.99. The highest BCUT2D eigenvalue weighted by Crippen LogP contribution is 2.43. The van der Waals surface area contributed by atoms with E-state index < -0.39 is 0 Å². The van der Waals surface area contributed by atoms with Crippen LogP contribution >= 0.6 is 15.9 Å². The molecule has 0 aromatic heterocycles. The summed E-state index contributed by atoms with van der Waals surface area (Å²) in [4.78, 5) is 0. The Bertz CT molecular complexity index is 449. The number of hydrogen-bond donors (Lipinski definition) is 1. The third-order valence-corrected chi connectivity index (χ3v) is 4.38. The molecule has 4 nitrogen and oxygen atoms in total. The van der Waals surface area contributed by atoms with E-state index in [1.165, 1.54) is 5.56 Å². The Morgan fingerprint density at radius 3 is 2.38 bits per heavy atom. The second-order valence-electron chi connectivity index (χ2n) is 5.54. The minimum atomic E-state index is 0.000205. The van der Waals surface area contributed by atoms with E-state index in [9.17, 15) is 0 Å². The zero-order valence-corrected chi connectivity index (χ0v) is 15.2. The van der Waals surface area contributed by atoms with Gasteiger partial charge in [0.2, 0.25) is 0 Å². The minimum absolute atomic E-state index is 0.000205. The van der Waals surface area contributed by atoms with Crippen molar-refractivity contribution in [2.24, 2.45) is 0 Å². The molecule has 1 aromatic carbocycles. The van der Waals surface area contributed by atoms with E-state index in [4.69, 9.17) is 14.2 Å². The van der Waals surface area contributed by atoms with Crippen molar-refractivity contribution in [3.05, 3.63) is 22.2 Å². The van der Waals surface area contributed by atoms with Gasteiger partial charge >= 0.3 is 0 Å². The van der Waals surface area contributed by atoms with Crippen molar-refractivity contribution in [3.63, 3.8) is 0 Å². The van der Waals surface area contributed by atoms with Crippen LogP contribution in [0.1, 0.15) is 25.8 Å². The van der Waals surface area contributed by atoms with E-state index in [2.05, 4.69) is 41.2 Å². The van der Waals surface area contributed by atoms with Gasteiger partial charge in [-0.3, -0.25) is 0 Å². The zero-order chi connectivity index (χ0) is 15.9. The Hall–Kier alpha value is -0.780. The Morgan fingerprint density at radius 1 is 1.10 bits per heavy atom. The zero-order valence-electron chi connectivity index (χ0n) is 13.6. The minimum Gasteiger partial charge on any atom is -0.495 e. The average molecular weight is 360 g/mol. The van der Waals surface area contributed by atoms with Crippen molar-refractivity contribution in [2.45, 2.75) is 25.7 Å². The second-order valence-corrected chi connectivity index (χ2v) is 6.33. The maximum atomic E-state index is 5.58. The lowest BCUT2D eigenvalue weighted by Crippen LogP contribution is -2.28. The van der Waals surface area contributed by atoms with Crippen LogP contribution in [-0.4, -0.2) is 41.0 Å². The number of rotatable bonds is 9. The molecule has 0 saturated heterocycles. The quantitative estimate of drug-likeness (QED) is 0.686. The summed E-state index contributed by atoms with van der Waals surface area (Å²) in [5.41, 5.74) is 1.17. The molecule has 1 aromatic rings. The van der Waals surface area contributed by atoms with Crippen LogP contribution < -0.4 is 14.8 Å². The fourth-order valence-corrected chi connectivity index (χ4v) is 2.93. The van der Waals surface area contributed by atoms with Crippen LogP contribution in [0.5, 0.6) is 11.5 Å². The number of halogens is 1. The normalized spacial score (nSPS) is 11.5. The molecule has 0 unspecified atom stereocenters. The van der Waals surface area contributed by atoms with Gasteiger partial charge in [-0.15, -0.1) is 0 Å². The van der Waals surface area contributed by atoms with Crippen LogP contribution in [0.2, 0.25) is 0 Å². The Labute approximate surface area is 136 Å². The fourth-order valence-electron chi connectivity index (χ4n) is 2.26. The molecule has 1 rings (SSSR count). The molecule has 0 amide bonds. The molecule has 1 N–H and O–H groups in total. The molecule has 0 aliphatic rings. The van der Waals surface area contributed by atoms with E-state index >= 15 is 0 Å². The third kappa shape index (κ3) is 4.87. The molecule has 0 bridgehead atoms. The van der Waals surface area contributed by atoms with Crippen LogP contribution in [-0.2, 0) is 10.2 Å². The maximum Gasteiger partial charge on any atom is 0.140 e. The molecule has 5 heteroatoms. The first kappa shape index (κ1) is 18.3. The van der Waals surface area contributed by atoms with Gasteiger partial charge in [0, 0.05) is 19.2 Å². The number of methoxy groups -OCH3 is 3. The molecule has 0 aliphatic carbocycles. The number of benzene rings is 1. The first-order valence-electron chi connectivity index (χ1n) is 7.08. The number of nitrogens with one attached hydrogen (secondary N) is 1. The van der Waals surface area contributed by atoms with Gasteiger partial charge in [-0.2, -0.15) is 0 Å². The van der Waals surface area contributed by atoms with Crippen molar-refractivity contribution < 1.29 is 14.2 Å². The second kappa shape index (κ2) is 8.61. The highest BCUT2D eigenvalue weighted by atomic mass is 79.9. The van der Waals surface area contributed by atoms with Gasteiger partial charge in [-0.05, 0) is 40.4 Å². The molecule has 21 heavy (non-hydrogen) atoms. The van der Waals surface area contributed by atoms with Crippen LogP contribution in [0.3, 0.4) is 0 Å². The summed E-state index contributed by atoms with van der Waals surface area (Å²) >= 11 is 3.57. The van der Waals surface area contributed by atoms with Crippen LogP contribution in [0, 0.1) is 0 Å². The molecule has 120 valence electrons. The van der Waals surface area contributed by atoms with Gasteiger partial charge in [-0.25, -0.2) is 0 Å². The van der Waals surface area contributed by atoms with E-state index in [1.54, 1.807) is 21.3 Å². The van der Waals surface area contributed by atoms with Crippen molar-refractivity contribution in [3.8, 4) is 11.5 Å². The highest BCUT2D eigenvalue weighted by Gasteiger charge is 2.26. The summed E-state index contributed by atoms with van der Waals surface area (Å²) < 4.78 is 16.8. The molecule has 0 radical (unpaired) electrons. The largest absolute Gasteiger partial charge is 0.495 e. The molecule has 0 atom stereocenters. The van der Waals surface area contributed by atoms with Gasteiger partial charge in [0.1, 0.15) is 16.0 Å². The maximum absolute atomic E-state index is 5.58. The predicted molar refractivity (Wildman–Crippen MR) is 89.6 cm³/mol. The van der Waals surface area contributed by atoms with Crippen molar-refractivity contribution in [1.82, 2.24) is 5.32 Å². The molecule has 0 fully saturated rings. The standard InChI is InChI=1S/C16H26BrNO3/c1-16(2,8-9-18-10-11-19-3)12-6-7-13(20-4)14(17)15(12)21-5/h6-7,18H,8-11H2,1-5H3. The lowest BCUT2D eigenvalue weighted by atomic mass is 9.81. The highest BCUT2D eigenvalue weighted by molar-refractivity contribution is 9.10. The van der Waals surface area contributed by atoms with Gasteiger partial charge in [0.15, 0.2) is 0 Å². The van der Waals surface area contributed by atoms with E-state index in [1.807, 2.05) is 6.07 Å². The molecule has 0 spiro atoms. The van der Waals surface area contributed by atoms with Crippen molar-refractivity contribution in [1.29, 1.82) is 0 Å². The summed E-state index contributed by atoms with van der Waals surface area (Å²) in [5, 5.41) is 3.38. The smallest absolute Gasteiger partial charge is 0.140 e. The predicted octanol–water partition coefficient (Wildman–Crippen LogP) is 3.37. The Kier molecular flexibility index (Phi) is 7.49. The van der Waals surface area contributed by atoms with Gasteiger partial charge in [-0.1, -0.05) is 19.9 Å². The first-order chi connectivity index (χ1) is 9.97. The van der Waals surface area contributed by atoms with Crippen LogP contribution in [0.15, 0.2) is 16.6 Å². The molecular weight excluding hydrogens is 334 g/mol. The van der Waals surface area contributed by atoms with Gasteiger partial charge < -0.3 is 19.5 Å². The molecule has 0 heterocycles. The third-order valence-electron chi connectivity index (χ3n) is 3.62. The van der Waals surface area contributed by atoms with E-state index in [0.717, 1.165) is 42.1 Å². The molecular formula is C16H26BrNO3. The summed E-state index contributed by atoms with van der Waals surface area (Å²) in [6.07, 6.45) is 1.01. The Morgan fingerprint density at radius 2 is 1.81 bits per heavy atom. The Balaban J connectivity index is 2.84. The monoisotopic (exact) mass is 359 g/mol. The number of ether oxygens (including phenoxy) is 3. The first-order valence-corrected chi connectivity index (χ1v) is 7.87.